The molecule has 26 heavy (non-hydrogen) atoms. The Balaban J connectivity index is 1.69. The van der Waals surface area contributed by atoms with Crippen LogP contribution in [0.4, 0.5) is 11.5 Å². The Morgan fingerprint density at radius 2 is 1.85 bits per heavy atom. The molecular formula is C19H17N3O4. The van der Waals surface area contributed by atoms with E-state index in [1.54, 1.807) is 49.6 Å². The van der Waals surface area contributed by atoms with Crippen LogP contribution in [-0.4, -0.2) is 23.9 Å². The van der Waals surface area contributed by atoms with Crippen LogP contribution in [0.5, 0.6) is 5.75 Å². The number of benzene rings is 1. The molecule has 0 saturated heterocycles. The summed E-state index contributed by atoms with van der Waals surface area (Å²) >= 11 is 0. The minimum Gasteiger partial charge on any atom is -0.497 e. The molecule has 0 atom stereocenters. The lowest BCUT2D eigenvalue weighted by Gasteiger charge is -2.10. The normalized spacial score (nSPS) is 10.2. The molecule has 2 aromatic heterocycles. The molecule has 0 aliphatic rings. The lowest BCUT2D eigenvalue weighted by atomic mass is 10.2. The fraction of sp³-hybridized carbons (Fsp3) is 0.105. The quantitative estimate of drug-likeness (QED) is 0.734. The summed E-state index contributed by atoms with van der Waals surface area (Å²) in [5.74, 6) is 0.588. The Morgan fingerprint density at radius 3 is 2.46 bits per heavy atom. The van der Waals surface area contributed by atoms with Crippen molar-refractivity contribution in [2.75, 3.05) is 17.7 Å². The number of amides is 2. The smallest absolute Gasteiger partial charge is 0.292 e. The summed E-state index contributed by atoms with van der Waals surface area (Å²) in [6.45, 7) is 1.81. The average molecular weight is 351 g/mol. The van der Waals surface area contributed by atoms with E-state index in [0.717, 1.165) is 5.56 Å². The van der Waals surface area contributed by atoms with Gasteiger partial charge in [0.1, 0.15) is 11.6 Å². The summed E-state index contributed by atoms with van der Waals surface area (Å²) < 4.78 is 10.1. The topological polar surface area (TPSA) is 93.5 Å². The zero-order valence-corrected chi connectivity index (χ0v) is 14.3. The van der Waals surface area contributed by atoms with E-state index in [9.17, 15) is 9.59 Å². The summed E-state index contributed by atoms with van der Waals surface area (Å²) in [5, 5.41) is 5.44. The van der Waals surface area contributed by atoms with Crippen molar-refractivity contribution in [2.45, 2.75) is 6.92 Å². The number of aromatic nitrogens is 1. The van der Waals surface area contributed by atoms with Crippen LogP contribution >= 0.6 is 0 Å². The third-order valence-corrected chi connectivity index (χ3v) is 3.70. The number of ether oxygens (including phenoxy) is 1. The van der Waals surface area contributed by atoms with Gasteiger partial charge in [-0.3, -0.25) is 9.59 Å². The summed E-state index contributed by atoms with van der Waals surface area (Å²) in [6, 6.07) is 11.6. The maximum absolute atomic E-state index is 12.3. The lowest BCUT2D eigenvalue weighted by Crippen LogP contribution is -2.15. The minimum absolute atomic E-state index is 0.196. The van der Waals surface area contributed by atoms with Gasteiger partial charge in [-0.1, -0.05) is 0 Å². The van der Waals surface area contributed by atoms with E-state index in [-0.39, 0.29) is 11.7 Å². The van der Waals surface area contributed by atoms with Crippen molar-refractivity contribution in [1.82, 2.24) is 4.98 Å². The molecule has 0 radical (unpaired) electrons. The first-order valence-corrected chi connectivity index (χ1v) is 7.83. The van der Waals surface area contributed by atoms with E-state index in [2.05, 4.69) is 15.6 Å². The van der Waals surface area contributed by atoms with Crippen molar-refractivity contribution < 1.29 is 18.7 Å². The second kappa shape index (κ2) is 7.52. The molecule has 132 valence electrons. The highest BCUT2D eigenvalue weighted by molar-refractivity contribution is 6.05. The number of rotatable bonds is 5. The van der Waals surface area contributed by atoms with Gasteiger partial charge in [0.2, 0.25) is 0 Å². The molecule has 0 aliphatic carbocycles. The first kappa shape index (κ1) is 17.2. The highest BCUT2D eigenvalue weighted by Gasteiger charge is 2.12. The molecule has 0 fully saturated rings. The van der Waals surface area contributed by atoms with Gasteiger partial charge in [-0.15, -0.1) is 0 Å². The predicted molar refractivity (Wildman–Crippen MR) is 96.6 cm³/mol. The number of hydrogen-bond acceptors (Lipinski definition) is 5. The maximum Gasteiger partial charge on any atom is 0.292 e. The standard InChI is InChI=1S/C19H17N3O4/c1-12-10-17(22-19(24)16-4-3-9-26-16)20-11-15(12)21-18(23)13-5-7-14(25-2)8-6-13/h3-11H,1-2H3,(H,21,23)(H,20,22,24). The highest BCUT2D eigenvalue weighted by Crippen LogP contribution is 2.19. The Hall–Kier alpha value is -3.61. The van der Waals surface area contributed by atoms with Crippen LogP contribution in [0.1, 0.15) is 26.5 Å². The van der Waals surface area contributed by atoms with Crippen molar-refractivity contribution in [3.05, 3.63) is 71.8 Å². The number of anilines is 2. The van der Waals surface area contributed by atoms with E-state index < -0.39 is 5.91 Å². The van der Waals surface area contributed by atoms with Gasteiger partial charge in [0, 0.05) is 5.56 Å². The van der Waals surface area contributed by atoms with Crippen LogP contribution in [-0.2, 0) is 0 Å². The number of carbonyl (C=O) groups is 2. The molecule has 0 spiro atoms. The van der Waals surface area contributed by atoms with Crippen LogP contribution in [0.3, 0.4) is 0 Å². The van der Waals surface area contributed by atoms with E-state index in [0.29, 0.717) is 22.8 Å². The van der Waals surface area contributed by atoms with Gasteiger partial charge in [-0.05, 0) is 55.0 Å². The van der Waals surface area contributed by atoms with Crippen LogP contribution < -0.4 is 15.4 Å². The second-order valence-corrected chi connectivity index (χ2v) is 5.50. The van der Waals surface area contributed by atoms with E-state index in [4.69, 9.17) is 9.15 Å². The Labute approximate surface area is 150 Å². The number of carbonyl (C=O) groups excluding carboxylic acids is 2. The van der Waals surface area contributed by atoms with Gasteiger partial charge in [0.25, 0.3) is 11.8 Å². The second-order valence-electron chi connectivity index (χ2n) is 5.50. The fourth-order valence-electron chi connectivity index (χ4n) is 2.28. The maximum atomic E-state index is 12.3. The number of furan rings is 1. The predicted octanol–water partition coefficient (Wildman–Crippen LogP) is 3.50. The fourth-order valence-corrected chi connectivity index (χ4v) is 2.28. The van der Waals surface area contributed by atoms with E-state index >= 15 is 0 Å². The van der Waals surface area contributed by atoms with Gasteiger partial charge >= 0.3 is 0 Å². The summed E-state index contributed by atoms with van der Waals surface area (Å²) in [4.78, 5) is 28.4. The summed E-state index contributed by atoms with van der Waals surface area (Å²) in [7, 11) is 1.57. The van der Waals surface area contributed by atoms with Gasteiger partial charge in [-0.25, -0.2) is 4.98 Å². The minimum atomic E-state index is -0.392. The molecule has 0 aliphatic heterocycles. The number of pyridine rings is 1. The number of nitrogens with one attached hydrogen (secondary N) is 2. The van der Waals surface area contributed by atoms with Crippen molar-refractivity contribution in [3.8, 4) is 5.75 Å². The average Bonchev–Trinajstić information content (AvgIpc) is 3.19. The Bertz CT molecular complexity index is 918. The first-order chi connectivity index (χ1) is 12.6. The molecule has 2 amide bonds. The van der Waals surface area contributed by atoms with Crippen LogP contribution in [0.15, 0.2) is 59.3 Å². The Morgan fingerprint density at radius 1 is 1.08 bits per heavy atom. The Kier molecular flexibility index (Phi) is 4.98. The molecular weight excluding hydrogens is 334 g/mol. The number of aryl methyl sites for hydroxylation is 1. The number of hydrogen-bond donors (Lipinski definition) is 2. The van der Waals surface area contributed by atoms with Gasteiger partial charge in [0.05, 0.1) is 25.3 Å². The third-order valence-electron chi connectivity index (χ3n) is 3.70. The molecule has 2 N–H and O–H groups in total. The molecule has 0 bridgehead atoms. The number of methoxy groups -OCH3 is 1. The van der Waals surface area contributed by atoms with E-state index in [1.807, 2.05) is 6.92 Å². The largest absolute Gasteiger partial charge is 0.497 e. The van der Waals surface area contributed by atoms with Crippen molar-refractivity contribution in [1.29, 1.82) is 0 Å². The number of nitrogens with zero attached hydrogens (tertiary/aromatic N) is 1. The van der Waals surface area contributed by atoms with E-state index in [1.165, 1.54) is 12.5 Å². The third kappa shape index (κ3) is 3.89. The van der Waals surface area contributed by atoms with Crippen molar-refractivity contribution in [2.24, 2.45) is 0 Å². The molecule has 3 aromatic rings. The van der Waals surface area contributed by atoms with Crippen molar-refractivity contribution >= 4 is 23.3 Å². The molecule has 0 unspecified atom stereocenters. The van der Waals surface area contributed by atoms with Gasteiger partial charge in [-0.2, -0.15) is 0 Å². The zero-order chi connectivity index (χ0) is 18.5. The molecule has 0 saturated carbocycles. The first-order valence-electron chi connectivity index (χ1n) is 7.83. The van der Waals surface area contributed by atoms with Gasteiger partial charge < -0.3 is 19.8 Å². The lowest BCUT2D eigenvalue weighted by molar-refractivity contribution is 0.0994. The van der Waals surface area contributed by atoms with Crippen molar-refractivity contribution in [3.63, 3.8) is 0 Å². The molecule has 3 rings (SSSR count). The monoisotopic (exact) mass is 351 g/mol. The van der Waals surface area contributed by atoms with Crippen LogP contribution in [0.25, 0.3) is 0 Å². The summed E-state index contributed by atoms with van der Waals surface area (Å²) in [6.07, 6.45) is 2.92. The van der Waals surface area contributed by atoms with Gasteiger partial charge in [0.15, 0.2) is 5.76 Å². The summed E-state index contributed by atoms with van der Waals surface area (Å²) in [5.41, 5.74) is 1.82. The molecule has 7 nitrogen and oxygen atoms in total. The SMILES string of the molecule is COc1ccc(C(=O)Nc2cnc(NC(=O)c3ccco3)cc2C)cc1. The van der Waals surface area contributed by atoms with Crippen LogP contribution in [0.2, 0.25) is 0 Å². The van der Waals surface area contributed by atoms with Crippen LogP contribution in [0, 0.1) is 6.92 Å². The molecule has 1 aromatic carbocycles. The highest BCUT2D eigenvalue weighted by atomic mass is 16.5. The molecule has 2 heterocycles. The molecule has 7 heteroatoms. The zero-order valence-electron chi connectivity index (χ0n) is 14.3.